The number of nitrogens with zero attached hydrogens (tertiary/aromatic N) is 4. The van der Waals surface area contributed by atoms with Crippen LogP contribution in [0.5, 0.6) is 0 Å². The summed E-state index contributed by atoms with van der Waals surface area (Å²) in [4.78, 5) is 24.2. The third kappa shape index (κ3) is 2.95. The zero-order valence-corrected chi connectivity index (χ0v) is 13.8. The highest BCUT2D eigenvalue weighted by Gasteiger charge is 2.31. The van der Waals surface area contributed by atoms with Crippen LogP contribution in [0, 0.1) is 0 Å². The van der Waals surface area contributed by atoms with E-state index in [4.69, 9.17) is 9.94 Å². The molecule has 0 bridgehead atoms. The Labute approximate surface area is 140 Å². The van der Waals surface area contributed by atoms with Crippen LogP contribution in [0.2, 0.25) is 0 Å². The normalized spacial score (nSPS) is 14.8. The Balaban J connectivity index is 2.06. The average Bonchev–Trinajstić information content (AvgIpc) is 3.00. The van der Waals surface area contributed by atoms with Gasteiger partial charge in [0.2, 0.25) is 5.78 Å². The van der Waals surface area contributed by atoms with Gasteiger partial charge in [-0.2, -0.15) is 0 Å². The summed E-state index contributed by atoms with van der Waals surface area (Å²) in [6.45, 7) is 1.51. The van der Waals surface area contributed by atoms with Crippen molar-refractivity contribution in [2.75, 3.05) is 33.9 Å². The van der Waals surface area contributed by atoms with E-state index in [0.717, 1.165) is 12.1 Å². The summed E-state index contributed by atoms with van der Waals surface area (Å²) in [5, 5.41) is 13.0. The highest BCUT2D eigenvalue weighted by molar-refractivity contribution is 6.29. The first-order valence-corrected chi connectivity index (χ1v) is 7.77. The van der Waals surface area contributed by atoms with Crippen LogP contribution in [-0.2, 0) is 11.4 Å². The van der Waals surface area contributed by atoms with Gasteiger partial charge < -0.3 is 19.4 Å². The van der Waals surface area contributed by atoms with Crippen molar-refractivity contribution < 1.29 is 14.7 Å². The second-order valence-corrected chi connectivity index (χ2v) is 5.82. The molecule has 0 radical (unpaired) electrons. The van der Waals surface area contributed by atoms with Crippen molar-refractivity contribution in [3.8, 4) is 0 Å². The number of pyridine rings is 1. The Morgan fingerprint density at radius 2 is 2.12 bits per heavy atom. The number of aliphatic hydroxyl groups excluding tert-OH is 1. The highest BCUT2D eigenvalue weighted by atomic mass is 16.6. The molecule has 0 atom stereocenters. The Bertz CT molecular complexity index is 780. The standard InChI is InChI=1S/C17H20N4O3/c1-20(2)7-8-21-6-4-13-15(19-24-10-9-22)12-3-5-18-11-14(12)17(23)16(13)21/h3-6,11,22H,7-10H2,1-2H3/b19-15-. The first-order chi connectivity index (χ1) is 11.6. The quantitative estimate of drug-likeness (QED) is 0.533. The lowest BCUT2D eigenvalue weighted by Crippen LogP contribution is -2.26. The molecule has 0 saturated heterocycles. The van der Waals surface area contributed by atoms with Gasteiger partial charge in [0.25, 0.3) is 0 Å². The third-order valence-corrected chi connectivity index (χ3v) is 3.88. The minimum atomic E-state index is -0.115. The maximum atomic E-state index is 12.9. The molecule has 2 aromatic heterocycles. The summed E-state index contributed by atoms with van der Waals surface area (Å²) in [6, 6.07) is 3.64. The van der Waals surface area contributed by atoms with Crippen LogP contribution < -0.4 is 0 Å². The largest absolute Gasteiger partial charge is 0.393 e. The number of aliphatic hydroxyl groups is 1. The molecule has 0 saturated carbocycles. The lowest BCUT2D eigenvalue weighted by molar-refractivity contribution is 0.0982. The molecule has 7 nitrogen and oxygen atoms in total. The van der Waals surface area contributed by atoms with Gasteiger partial charge in [0, 0.05) is 42.8 Å². The molecule has 2 aromatic rings. The molecule has 7 heteroatoms. The van der Waals surface area contributed by atoms with E-state index in [9.17, 15) is 4.79 Å². The van der Waals surface area contributed by atoms with E-state index in [1.165, 1.54) is 0 Å². The van der Waals surface area contributed by atoms with Gasteiger partial charge in [-0.05, 0) is 26.2 Å². The van der Waals surface area contributed by atoms with Gasteiger partial charge in [-0.3, -0.25) is 9.78 Å². The first-order valence-electron chi connectivity index (χ1n) is 7.77. The van der Waals surface area contributed by atoms with Gasteiger partial charge in [0.15, 0.2) is 0 Å². The van der Waals surface area contributed by atoms with Crippen molar-refractivity contribution >= 4 is 11.5 Å². The van der Waals surface area contributed by atoms with Crippen molar-refractivity contribution in [1.29, 1.82) is 0 Å². The van der Waals surface area contributed by atoms with Crippen LogP contribution in [0.4, 0.5) is 0 Å². The van der Waals surface area contributed by atoms with E-state index < -0.39 is 0 Å². The molecular formula is C17H20N4O3. The van der Waals surface area contributed by atoms with Crippen molar-refractivity contribution in [2.45, 2.75) is 6.54 Å². The second-order valence-electron chi connectivity index (χ2n) is 5.82. The van der Waals surface area contributed by atoms with E-state index >= 15 is 0 Å². The van der Waals surface area contributed by atoms with Crippen molar-refractivity contribution in [3.63, 3.8) is 0 Å². The average molecular weight is 328 g/mol. The number of oxime groups is 1. The molecule has 0 amide bonds. The first kappa shape index (κ1) is 16.4. The maximum absolute atomic E-state index is 12.9. The fraction of sp³-hybridized carbons (Fsp3) is 0.353. The van der Waals surface area contributed by atoms with E-state index in [1.807, 2.05) is 30.9 Å². The van der Waals surface area contributed by atoms with Crippen molar-refractivity contribution in [1.82, 2.24) is 14.5 Å². The van der Waals surface area contributed by atoms with Crippen molar-refractivity contribution in [3.05, 3.63) is 53.1 Å². The number of rotatable bonds is 6. The topological polar surface area (TPSA) is 80.0 Å². The molecule has 0 aliphatic heterocycles. The molecule has 0 aromatic carbocycles. The van der Waals surface area contributed by atoms with Crippen LogP contribution in [-0.4, -0.2) is 64.9 Å². The van der Waals surface area contributed by atoms with Gasteiger partial charge >= 0.3 is 0 Å². The Kier molecular flexibility index (Phi) is 4.73. The molecule has 0 fully saturated rings. The number of ketones is 1. The van der Waals surface area contributed by atoms with E-state index in [-0.39, 0.29) is 19.0 Å². The van der Waals surface area contributed by atoms with Crippen LogP contribution in [0.25, 0.3) is 0 Å². The molecule has 1 aliphatic carbocycles. The summed E-state index contributed by atoms with van der Waals surface area (Å²) < 4.78 is 1.94. The molecule has 0 spiro atoms. The summed E-state index contributed by atoms with van der Waals surface area (Å²) in [5.41, 5.74) is 3.16. The lowest BCUT2D eigenvalue weighted by atomic mass is 9.89. The summed E-state index contributed by atoms with van der Waals surface area (Å²) in [5.74, 6) is -0.0574. The molecular weight excluding hydrogens is 308 g/mol. The Morgan fingerprint density at radius 3 is 2.88 bits per heavy atom. The fourth-order valence-electron chi connectivity index (χ4n) is 2.71. The molecule has 1 N–H and O–H groups in total. The summed E-state index contributed by atoms with van der Waals surface area (Å²) >= 11 is 0. The predicted octanol–water partition coefficient (Wildman–Crippen LogP) is 0.750. The number of hydrogen-bond donors (Lipinski definition) is 1. The number of fused-ring (bicyclic) bond motifs is 2. The van der Waals surface area contributed by atoms with Crippen LogP contribution >= 0.6 is 0 Å². The SMILES string of the molecule is CN(C)CCn1ccc2c1C(=O)c1cnccc1/C2=N/OCCO. The van der Waals surface area contributed by atoms with Gasteiger partial charge in [-0.25, -0.2) is 0 Å². The maximum Gasteiger partial charge on any atom is 0.212 e. The molecule has 0 unspecified atom stereocenters. The Hall–Kier alpha value is -2.51. The third-order valence-electron chi connectivity index (χ3n) is 3.88. The number of hydrogen-bond acceptors (Lipinski definition) is 6. The number of carbonyl (C=O) groups excluding carboxylic acids is 1. The van der Waals surface area contributed by atoms with Gasteiger partial charge in [0.05, 0.1) is 17.9 Å². The lowest BCUT2D eigenvalue weighted by Gasteiger charge is -2.19. The zero-order valence-electron chi connectivity index (χ0n) is 13.8. The molecule has 126 valence electrons. The molecule has 3 rings (SSSR count). The second kappa shape index (κ2) is 6.94. The summed E-state index contributed by atoms with van der Waals surface area (Å²) in [6.07, 6.45) is 5.08. The van der Waals surface area contributed by atoms with E-state index in [0.29, 0.717) is 29.1 Å². The molecule has 2 heterocycles. The number of carbonyl (C=O) groups is 1. The Morgan fingerprint density at radius 1 is 1.29 bits per heavy atom. The van der Waals surface area contributed by atoms with Crippen LogP contribution in [0.1, 0.15) is 27.2 Å². The van der Waals surface area contributed by atoms with Gasteiger partial charge in [-0.15, -0.1) is 0 Å². The summed E-state index contributed by atoms with van der Waals surface area (Å²) in [7, 11) is 3.99. The molecule has 1 aliphatic rings. The van der Waals surface area contributed by atoms with Gasteiger partial charge in [-0.1, -0.05) is 5.16 Å². The zero-order chi connectivity index (χ0) is 17.1. The van der Waals surface area contributed by atoms with Gasteiger partial charge in [0.1, 0.15) is 12.3 Å². The van der Waals surface area contributed by atoms with E-state index in [1.54, 1.807) is 18.5 Å². The van der Waals surface area contributed by atoms with Crippen LogP contribution in [0.15, 0.2) is 35.9 Å². The molecule has 24 heavy (non-hydrogen) atoms. The minimum Gasteiger partial charge on any atom is -0.393 e. The van der Waals surface area contributed by atoms with Crippen LogP contribution in [0.3, 0.4) is 0 Å². The predicted molar refractivity (Wildman–Crippen MR) is 89.3 cm³/mol. The fourth-order valence-corrected chi connectivity index (χ4v) is 2.71. The smallest absolute Gasteiger partial charge is 0.212 e. The monoisotopic (exact) mass is 328 g/mol. The van der Waals surface area contributed by atoms with E-state index in [2.05, 4.69) is 15.0 Å². The minimum absolute atomic E-state index is 0.0574. The number of likely N-dealkylation sites (N-methyl/N-ethyl adjacent to an activating group) is 1. The van der Waals surface area contributed by atoms with Crippen molar-refractivity contribution in [2.24, 2.45) is 5.16 Å². The number of aromatic nitrogens is 2. The highest BCUT2D eigenvalue weighted by Crippen LogP contribution is 2.28.